The first-order valence-corrected chi connectivity index (χ1v) is 12.8. The van der Waals surface area contributed by atoms with E-state index in [0.29, 0.717) is 18.8 Å². The number of hydrogen-bond acceptors (Lipinski definition) is 5. The fourth-order valence-electron chi connectivity index (χ4n) is 6.67. The fraction of sp³-hybridized carbons (Fsp3) is 0.267. The molecular weight excluding hydrogens is 509 g/mol. The van der Waals surface area contributed by atoms with Crippen molar-refractivity contribution >= 4 is 23.2 Å². The number of halogens is 3. The predicted octanol–water partition coefficient (Wildman–Crippen LogP) is 5.35. The Hall–Kier alpha value is -4.11. The maximum atomic E-state index is 13.5. The van der Waals surface area contributed by atoms with E-state index >= 15 is 0 Å². The largest absolute Gasteiger partial charge is 0.489 e. The zero-order chi connectivity index (χ0) is 26.9. The number of fused-ring (bicyclic) bond motifs is 8. The van der Waals surface area contributed by atoms with Gasteiger partial charge in [0.05, 0.1) is 28.8 Å². The van der Waals surface area contributed by atoms with Gasteiger partial charge < -0.3 is 4.74 Å². The molecule has 0 aromatic heterocycles. The van der Waals surface area contributed by atoms with Gasteiger partial charge in [0.15, 0.2) is 0 Å². The van der Waals surface area contributed by atoms with E-state index in [1.54, 1.807) is 0 Å². The van der Waals surface area contributed by atoms with Gasteiger partial charge in [-0.25, -0.2) is 0 Å². The van der Waals surface area contributed by atoms with Gasteiger partial charge in [0.1, 0.15) is 18.5 Å². The van der Waals surface area contributed by atoms with E-state index in [9.17, 15) is 22.8 Å². The molecular formula is C30H23F3N2O4. The van der Waals surface area contributed by atoms with Crippen LogP contribution in [-0.4, -0.2) is 17.9 Å². The van der Waals surface area contributed by atoms with E-state index < -0.39 is 35.4 Å². The second-order valence-corrected chi connectivity index (χ2v) is 10.4. The lowest BCUT2D eigenvalue weighted by Crippen LogP contribution is -2.35. The molecule has 0 unspecified atom stereocenters. The van der Waals surface area contributed by atoms with Crippen LogP contribution in [0.4, 0.5) is 18.9 Å². The summed E-state index contributed by atoms with van der Waals surface area (Å²) in [5, 5.41) is 0. The third kappa shape index (κ3) is 3.75. The third-order valence-electron chi connectivity index (χ3n) is 8.31. The van der Waals surface area contributed by atoms with E-state index in [1.807, 2.05) is 54.6 Å². The maximum absolute atomic E-state index is 13.5. The molecule has 2 bridgehead atoms. The van der Waals surface area contributed by atoms with Crippen molar-refractivity contribution in [2.24, 2.45) is 23.7 Å². The summed E-state index contributed by atoms with van der Waals surface area (Å²) >= 11 is 0. The topological polar surface area (TPSA) is 67.9 Å². The second-order valence-electron chi connectivity index (χ2n) is 10.4. The molecule has 1 N–H and O–H groups in total. The minimum atomic E-state index is -4.57. The van der Waals surface area contributed by atoms with Crippen molar-refractivity contribution in [1.29, 1.82) is 0 Å². The van der Waals surface area contributed by atoms with Gasteiger partial charge in [-0.15, -0.1) is 0 Å². The molecule has 198 valence electrons. The molecule has 2 heterocycles. The van der Waals surface area contributed by atoms with Crippen LogP contribution in [0.25, 0.3) is 5.70 Å². The number of carbonyl (C=O) groups excluding carboxylic acids is 2. The number of imide groups is 1. The maximum Gasteiger partial charge on any atom is 0.416 e. The molecule has 1 saturated heterocycles. The monoisotopic (exact) mass is 532 g/mol. The van der Waals surface area contributed by atoms with Crippen LogP contribution in [0.3, 0.4) is 0 Å². The van der Waals surface area contributed by atoms with Crippen LogP contribution in [0.5, 0.6) is 5.75 Å². The highest BCUT2D eigenvalue weighted by atomic mass is 19.4. The molecule has 2 saturated carbocycles. The number of amides is 2. The minimum Gasteiger partial charge on any atom is -0.489 e. The van der Waals surface area contributed by atoms with Crippen molar-refractivity contribution in [2.45, 2.75) is 25.3 Å². The molecule has 3 aromatic rings. The van der Waals surface area contributed by atoms with Crippen molar-refractivity contribution in [3.63, 3.8) is 0 Å². The number of nitrogens with one attached hydrogen (secondary N) is 1. The molecule has 2 aliphatic carbocycles. The highest BCUT2D eigenvalue weighted by Gasteiger charge is 2.68. The van der Waals surface area contributed by atoms with Crippen molar-refractivity contribution in [2.75, 3.05) is 4.90 Å². The van der Waals surface area contributed by atoms with Gasteiger partial charge >= 0.3 is 6.18 Å². The number of nitrogens with zero attached hydrogens (tertiary/aromatic N) is 1. The number of alkyl halides is 3. The molecule has 0 spiro atoms. The van der Waals surface area contributed by atoms with Crippen LogP contribution in [0.15, 0.2) is 84.4 Å². The number of ether oxygens (including phenoxy) is 1. The van der Waals surface area contributed by atoms with E-state index in [1.165, 1.54) is 12.1 Å². The predicted molar refractivity (Wildman–Crippen MR) is 135 cm³/mol. The summed E-state index contributed by atoms with van der Waals surface area (Å²) in [6, 6.07) is 21.8. The van der Waals surface area contributed by atoms with Gasteiger partial charge in [0.2, 0.25) is 11.8 Å². The summed E-state index contributed by atoms with van der Waals surface area (Å²) in [5.74, 6) is -1.86. The Labute approximate surface area is 222 Å². The van der Waals surface area contributed by atoms with Gasteiger partial charge in [-0.2, -0.15) is 13.2 Å². The molecule has 7 rings (SSSR count). The molecule has 2 amide bonds. The van der Waals surface area contributed by atoms with Crippen molar-refractivity contribution < 1.29 is 32.3 Å². The molecule has 9 heteroatoms. The Balaban J connectivity index is 1.15. The zero-order valence-corrected chi connectivity index (χ0v) is 20.5. The molecule has 4 aliphatic rings. The van der Waals surface area contributed by atoms with Crippen LogP contribution < -0.4 is 15.1 Å². The number of rotatable bonds is 5. The van der Waals surface area contributed by atoms with Crippen molar-refractivity contribution in [3.05, 3.63) is 101 Å². The smallest absolute Gasteiger partial charge is 0.416 e. The lowest BCUT2D eigenvalue weighted by atomic mass is 9.76. The van der Waals surface area contributed by atoms with E-state index in [4.69, 9.17) is 9.57 Å². The number of benzene rings is 3. The highest BCUT2D eigenvalue weighted by molar-refractivity contribution is 6.23. The second kappa shape index (κ2) is 8.71. The van der Waals surface area contributed by atoms with E-state index in [2.05, 4.69) is 5.48 Å². The first-order chi connectivity index (χ1) is 18.8. The van der Waals surface area contributed by atoms with Gasteiger partial charge in [-0.3, -0.25) is 24.8 Å². The summed E-state index contributed by atoms with van der Waals surface area (Å²) in [4.78, 5) is 33.8. The molecule has 6 nitrogen and oxygen atoms in total. The van der Waals surface area contributed by atoms with Gasteiger partial charge in [0, 0.05) is 11.5 Å². The SMILES string of the molecule is O=C1[C@H]2[C@H]3C[C@H](C4=C(c5ccc(OCc6ccccc6)cc5)NO[C@@H]43)[C@H]2C(=O)N1c1cccc(C(F)(F)F)c1. The number of carbonyl (C=O) groups is 2. The Morgan fingerprint density at radius 1 is 0.923 bits per heavy atom. The number of anilines is 1. The van der Waals surface area contributed by atoms with E-state index in [0.717, 1.165) is 39.4 Å². The Bertz CT molecular complexity index is 1500. The first kappa shape index (κ1) is 24.0. The molecule has 3 aromatic carbocycles. The van der Waals surface area contributed by atoms with Crippen molar-refractivity contribution in [3.8, 4) is 5.75 Å². The average Bonchev–Trinajstić information content (AvgIpc) is 3.68. The highest BCUT2D eigenvalue weighted by Crippen LogP contribution is 2.62. The summed E-state index contributed by atoms with van der Waals surface area (Å²) in [5.41, 5.74) is 5.73. The molecule has 39 heavy (non-hydrogen) atoms. The Kier molecular flexibility index (Phi) is 5.35. The number of hydrogen-bond donors (Lipinski definition) is 1. The van der Waals surface area contributed by atoms with Gasteiger partial charge in [-0.05, 0) is 65.9 Å². The standard InChI is InChI=1S/C30H23F3N2O4/c31-30(32,33)18-7-4-8-19(13-18)35-28(36)23-21-14-22(24(23)29(35)37)27-25(21)26(34-39-27)17-9-11-20(12-10-17)38-15-16-5-2-1-3-6-16/h1-13,21-24,27,34H,14-15H2/t21-,22+,23+,24-,27+/m0/s1. The van der Waals surface area contributed by atoms with Crippen LogP contribution in [-0.2, 0) is 27.2 Å². The molecule has 0 radical (unpaired) electrons. The Morgan fingerprint density at radius 2 is 1.67 bits per heavy atom. The minimum absolute atomic E-state index is 0.0434. The molecule has 2 aliphatic heterocycles. The van der Waals surface area contributed by atoms with Crippen LogP contribution >= 0.6 is 0 Å². The van der Waals surface area contributed by atoms with Crippen LogP contribution in [0.1, 0.15) is 23.1 Å². The summed E-state index contributed by atoms with van der Waals surface area (Å²) < 4.78 is 45.8. The van der Waals surface area contributed by atoms with Gasteiger partial charge in [0.25, 0.3) is 0 Å². The normalized spacial score (nSPS) is 27.2. The lowest BCUT2D eigenvalue weighted by Gasteiger charge is -2.26. The average molecular weight is 533 g/mol. The fourth-order valence-corrected chi connectivity index (χ4v) is 6.67. The molecule has 3 fully saturated rings. The Morgan fingerprint density at radius 3 is 2.41 bits per heavy atom. The summed E-state index contributed by atoms with van der Waals surface area (Å²) in [7, 11) is 0. The van der Waals surface area contributed by atoms with Crippen molar-refractivity contribution in [1.82, 2.24) is 5.48 Å². The third-order valence-corrected chi connectivity index (χ3v) is 8.31. The summed E-state index contributed by atoms with van der Waals surface area (Å²) in [6.07, 6.45) is -4.31. The zero-order valence-electron chi connectivity index (χ0n) is 20.5. The first-order valence-electron chi connectivity index (χ1n) is 12.8. The van der Waals surface area contributed by atoms with Gasteiger partial charge in [-0.1, -0.05) is 36.4 Å². The van der Waals surface area contributed by atoms with Crippen LogP contribution in [0.2, 0.25) is 0 Å². The lowest BCUT2D eigenvalue weighted by molar-refractivity contribution is -0.137. The number of hydroxylamine groups is 1. The van der Waals surface area contributed by atoms with E-state index in [-0.39, 0.29) is 23.6 Å². The summed E-state index contributed by atoms with van der Waals surface area (Å²) in [6.45, 7) is 0.447. The quantitative estimate of drug-likeness (QED) is 0.449. The molecule has 5 atom stereocenters. The van der Waals surface area contributed by atoms with Crippen LogP contribution in [0, 0.1) is 23.7 Å².